The molecule has 2 rings (SSSR count). The zero-order valence-corrected chi connectivity index (χ0v) is 6.49. The molecule has 0 aliphatic heterocycles. The maximum absolute atomic E-state index is 5.75. The molecule has 3 nitrogen and oxygen atoms in total. The molecule has 1 aromatic heterocycles. The molecule has 0 aliphatic carbocycles. The van der Waals surface area contributed by atoms with Gasteiger partial charge < -0.3 is 11.5 Å². The van der Waals surface area contributed by atoms with E-state index < -0.39 is 0 Å². The Balaban J connectivity index is 2.91. The molecule has 0 aliphatic rings. The number of hydrogen-bond acceptors (Lipinski definition) is 3. The number of aromatic nitrogens is 1. The Labute approximate surface area is 70.0 Å². The second kappa shape index (κ2) is 2.37. The van der Waals surface area contributed by atoms with Crippen LogP contribution < -0.4 is 11.5 Å². The fourth-order valence-corrected chi connectivity index (χ4v) is 1.20. The van der Waals surface area contributed by atoms with Crippen LogP contribution in [0.15, 0.2) is 30.6 Å². The van der Waals surface area contributed by atoms with E-state index in [1.807, 2.05) is 12.1 Å². The first kappa shape index (κ1) is 6.91. The molecule has 0 spiro atoms. The molecule has 0 fully saturated rings. The van der Waals surface area contributed by atoms with Crippen molar-refractivity contribution in [2.24, 2.45) is 0 Å². The number of nitrogens with zero attached hydrogens (tertiary/aromatic N) is 1. The van der Waals surface area contributed by atoms with Crippen molar-refractivity contribution in [2.45, 2.75) is 0 Å². The lowest BCUT2D eigenvalue weighted by molar-refractivity contribution is 1.36. The van der Waals surface area contributed by atoms with Crippen LogP contribution >= 0.6 is 0 Å². The highest BCUT2D eigenvalue weighted by atomic mass is 14.7. The zero-order valence-electron chi connectivity index (χ0n) is 6.49. The van der Waals surface area contributed by atoms with E-state index in [0.717, 1.165) is 10.8 Å². The molecule has 0 saturated heterocycles. The van der Waals surface area contributed by atoms with Crippen LogP contribution in [0.3, 0.4) is 0 Å². The van der Waals surface area contributed by atoms with Crippen LogP contribution in [-0.2, 0) is 0 Å². The molecule has 0 saturated carbocycles. The fourth-order valence-electron chi connectivity index (χ4n) is 1.20. The lowest BCUT2D eigenvalue weighted by Crippen LogP contribution is -1.95. The minimum absolute atomic E-state index is 0.607. The van der Waals surface area contributed by atoms with Crippen LogP contribution in [-0.4, -0.2) is 4.98 Å². The van der Waals surface area contributed by atoms with Gasteiger partial charge >= 0.3 is 0 Å². The summed E-state index contributed by atoms with van der Waals surface area (Å²) < 4.78 is 0. The summed E-state index contributed by atoms with van der Waals surface area (Å²) >= 11 is 0. The second-order valence-corrected chi connectivity index (χ2v) is 2.67. The van der Waals surface area contributed by atoms with E-state index >= 15 is 0 Å². The van der Waals surface area contributed by atoms with E-state index in [2.05, 4.69) is 4.98 Å². The van der Waals surface area contributed by atoms with Crippen molar-refractivity contribution >= 4 is 22.1 Å². The minimum atomic E-state index is 0.607. The molecule has 0 bridgehead atoms. The van der Waals surface area contributed by atoms with Gasteiger partial charge in [0.2, 0.25) is 0 Å². The number of fused-ring (bicyclic) bond motifs is 1. The largest absolute Gasteiger partial charge is 0.397 e. The summed E-state index contributed by atoms with van der Waals surface area (Å²) in [4.78, 5) is 3.98. The van der Waals surface area contributed by atoms with E-state index in [0.29, 0.717) is 11.4 Å². The van der Waals surface area contributed by atoms with Gasteiger partial charge in [0.25, 0.3) is 0 Å². The van der Waals surface area contributed by atoms with Crippen molar-refractivity contribution in [2.75, 3.05) is 11.5 Å². The van der Waals surface area contributed by atoms with Gasteiger partial charge in [-0.1, -0.05) is 6.07 Å². The lowest BCUT2D eigenvalue weighted by atomic mass is 10.1. The number of nitrogen functional groups attached to an aromatic ring is 2. The third-order valence-electron chi connectivity index (χ3n) is 1.90. The Morgan fingerprint density at radius 3 is 2.75 bits per heavy atom. The highest BCUT2D eigenvalue weighted by Crippen LogP contribution is 2.24. The van der Waals surface area contributed by atoms with Crippen LogP contribution in [0.5, 0.6) is 0 Å². The zero-order chi connectivity index (χ0) is 8.55. The third-order valence-corrected chi connectivity index (χ3v) is 1.90. The predicted molar refractivity (Wildman–Crippen MR) is 50.6 cm³/mol. The van der Waals surface area contributed by atoms with Gasteiger partial charge in [-0.25, -0.2) is 0 Å². The molecule has 1 heterocycles. The van der Waals surface area contributed by atoms with Gasteiger partial charge in [0.05, 0.1) is 11.4 Å². The SMILES string of the molecule is Nc1ccc2ccncc2c1N. The second-order valence-electron chi connectivity index (χ2n) is 2.67. The lowest BCUT2D eigenvalue weighted by Gasteiger charge is -2.03. The normalized spacial score (nSPS) is 10.3. The molecular weight excluding hydrogens is 150 g/mol. The standard InChI is InChI=1S/C9H9N3/c10-8-2-1-6-3-4-12-5-7(6)9(8)11/h1-5H,10-11H2. The van der Waals surface area contributed by atoms with E-state index in [1.54, 1.807) is 18.5 Å². The Morgan fingerprint density at radius 2 is 1.92 bits per heavy atom. The number of anilines is 2. The molecule has 12 heavy (non-hydrogen) atoms. The van der Waals surface area contributed by atoms with Gasteiger partial charge in [0, 0.05) is 17.8 Å². The molecule has 1 aromatic carbocycles. The smallest absolute Gasteiger partial charge is 0.0643 e. The van der Waals surface area contributed by atoms with Crippen molar-refractivity contribution in [3.63, 3.8) is 0 Å². The van der Waals surface area contributed by atoms with Crippen LogP contribution in [0.2, 0.25) is 0 Å². The van der Waals surface area contributed by atoms with E-state index in [1.165, 1.54) is 0 Å². The number of nitrogens with two attached hydrogens (primary N) is 2. The van der Waals surface area contributed by atoms with Crippen LogP contribution in [0.25, 0.3) is 10.8 Å². The van der Waals surface area contributed by atoms with Crippen molar-refractivity contribution in [3.05, 3.63) is 30.6 Å². The summed E-state index contributed by atoms with van der Waals surface area (Å²) in [5.74, 6) is 0. The highest BCUT2D eigenvalue weighted by Gasteiger charge is 1.99. The summed E-state index contributed by atoms with van der Waals surface area (Å²) in [7, 11) is 0. The first-order valence-corrected chi connectivity index (χ1v) is 3.67. The maximum atomic E-state index is 5.75. The Bertz CT molecular complexity index is 423. The van der Waals surface area contributed by atoms with Gasteiger partial charge in [0.1, 0.15) is 0 Å². The quantitative estimate of drug-likeness (QED) is 0.571. The van der Waals surface area contributed by atoms with Crippen molar-refractivity contribution < 1.29 is 0 Å². The summed E-state index contributed by atoms with van der Waals surface area (Å²) in [6.45, 7) is 0. The van der Waals surface area contributed by atoms with Crippen LogP contribution in [0, 0.1) is 0 Å². The molecule has 0 amide bonds. The first-order chi connectivity index (χ1) is 5.79. The highest BCUT2D eigenvalue weighted by molar-refractivity contribution is 5.97. The number of hydrogen-bond donors (Lipinski definition) is 2. The van der Waals surface area contributed by atoms with E-state index in [9.17, 15) is 0 Å². The van der Waals surface area contributed by atoms with Gasteiger partial charge in [-0.3, -0.25) is 4.98 Å². The molecule has 60 valence electrons. The van der Waals surface area contributed by atoms with Crippen molar-refractivity contribution in [1.82, 2.24) is 4.98 Å². The van der Waals surface area contributed by atoms with Gasteiger partial charge in [0.15, 0.2) is 0 Å². The molecule has 0 unspecified atom stereocenters. The molecule has 2 aromatic rings. The number of pyridine rings is 1. The van der Waals surface area contributed by atoms with Crippen LogP contribution in [0.1, 0.15) is 0 Å². The summed E-state index contributed by atoms with van der Waals surface area (Å²) in [6, 6.07) is 5.64. The fraction of sp³-hybridized carbons (Fsp3) is 0. The predicted octanol–water partition coefficient (Wildman–Crippen LogP) is 1.40. The summed E-state index contributed by atoms with van der Waals surface area (Å²) in [6.07, 6.45) is 3.46. The topological polar surface area (TPSA) is 64.9 Å². The van der Waals surface area contributed by atoms with Crippen LogP contribution in [0.4, 0.5) is 11.4 Å². The average molecular weight is 159 g/mol. The molecule has 3 heteroatoms. The minimum Gasteiger partial charge on any atom is -0.397 e. The number of rotatable bonds is 0. The molecule has 0 atom stereocenters. The molecule has 0 radical (unpaired) electrons. The Kier molecular flexibility index (Phi) is 1.37. The summed E-state index contributed by atoms with van der Waals surface area (Å²) in [5, 5.41) is 1.98. The van der Waals surface area contributed by atoms with E-state index in [-0.39, 0.29) is 0 Å². The Hall–Kier alpha value is -1.77. The van der Waals surface area contributed by atoms with E-state index in [4.69, 9.17) is 11.5 Å². The number of benzene rings is 1. The molecular formula is C9H9N3. The monoisotopic (exact) mass is 159 g/mol. The van der Waals surface area contributed by atoms with Gasteiger partial charge in [-0.15, -0.1) is 0 Å². The molecule has 4 N–H and O–H groups in total. The Morgan fingerprint density at radius 1 is 1.08 bits per heavy atom. The van der Waals surface area contributed by atoms with Gasteiger partial charge in [-0.2, -0.15) is 0 Å². The van der Waals surface area contributed by atoms with Crippen molar-refractivity contribution in [1.29, 1.82) is 0 Å². The maximum Gasteiger partial charge on any atom is 0.0643 e. The summed E-state index contributed by atoms with van der Waals surface area (Å²) in [5.41, 5.74) is 12.6. The van der Waals surface area contributed by atoms with Crippen molar-refractivity contribution in [3.8, 4) is 0 Å². The first-order valence-electron chi connectivity index (χ1n) is 3.67. The average Bonchev–Trinajstić information content (AvgIpc) is 2.12. The third kappa shape index (κ3) is 0.871. The van der Waals surface area contributed by atoms with Gasteiger partial charge in [-0.05, 0) is 17.5 Å².